The molecular weight excluding hydrogens is 376 g/mol. The van der Waals surface area contributed by atoms with Crippen molar-refractivity contribution in [3.05, 3.63) is 70.2 Å². The van der Waals surface area contributed by atoms with Gasteiger partial charge in [-0.3, -0.25) is 4.79 Å². The van der Waals surface area contributed by atoms with Gasteiger partial charge in [0.2, 0.25) is 0 Å². The lowest BCUT2D eigenvalue weighted by Crippen LogP contribution is -2.41. The summed E-state index contributed by atoms with van der Waals surface area (Å²) < 4.78 is 31.4. The van der Waals surface area contributed by atoms with Crippen LogP contribution in [0.15, 0.2) is 42.5 Å². The van der Waals surface area contributed by atoms with E-state index in [-0.39, 0.29) is 16.6 Å². The standard InChI is InChI=1S/C20H20ClF2NO3/c1-12(8-9-14-6-4-3-5-7-14)24-19(25)13(2)27-20(26)15-10-17(22)18(23)11-16(15)21/h3-7,10-13H,8-9H2,1-2H3,(H,24,25)/t12-,13+/m1/s1. The summed E-state index contributed by atoms with van der Waals surface area (Å²) in [5, 5.41) is 2.47. The van der Waals surface area contributed by atoms with Gasteiger partial charge in [-0.15, -0.1) is 0 Å². The Morgan fingerprint density at radius 2 is 1.74 bits per heavy atom. The molecule has 0 aliphatic carbocycles. The molecule has 0 aliphatic heterocycles. The maximum Gasteiger partial charge on any atom is 0.340 e. The van der Waals surface area contributed by atoms with Crippen molar-refractivity contribution in [3.63, 3.8) is 0 Å². The van der Waals surface area contributed by atoms with Crippen molar-refractivity contribution in [1.82, 2.24) is 5.32 Å². The molecule has 1 N–H and O–H groups in total. The van der Waals surface area contributed by atoms with E-state index in [2.05, 4.69) is 5.32 Å². The van der Waals surface area contributed by atoms with Gasteiger partial charge in [0.15, 0.2) is 17.7 Å². The molecule has 0 saturated carbocycles. The van der Waals surface area contributed by atoms with Crippen molar-refractivity contribution in [3.8, 4) is 0 Å². The number of aryl methyl sites for hydroxylation is 1. The van der Waals surface area contributed by atoms with Gasteiger partial charge in [-0.1, -0.05) is 41.9 Å². The zero-order valence-corrected chi connectivity index (χ0v) is 15.7. The van der Waals surface area contributed by atoms with E-state index in [0.717, 1.165) is 12.0 Å². The third-order valence-corrected chi connectivity index (χ3v) is 4.29. The molecule has 2 aromatic rings. The van der Waals surface area contributed by atoms with E-state index < -0.39 is 29.6 Å². The van der Waals surface area contributed by atoms with Crippen LogP contribution in [0, 0.1) is 11.6 Å². The Balaban J connectivity index is 1.87. The number of hydrogen-bond acceptors (Lipinski definition) is 3. The maximum absolute atomic E-state index is 13.3. The Hall–Kier alpha value is -2.47. The Bertz CT molecular complexity index is 814. The van der Waals surface area contributed by atoms with Crippen molar-refractivity contribution in [2.24, 2.45) is 0 Å². The van der Waals surface area contributed by atoms with E-state index in [0.29, 0.717) is 18.6 Å². The fourth-order valence-corrected chi connectivity index (χ4v) is 2.64. The second-order valence-electron chi connectivity index (χ2n) is 6.23. The van der Waals surface area contributed by atoms with Crippen LogP contribution >= 0.6 is 11.6 Å². The van der Waals surface area contributed by atoms with Crippen LogP contribution in [-0.2, 0) is 16.0 Å². The number of rotatable bonds is 7. The summed E-state index contributed by atoms with van der Waals surface area (Å²) in [5.74, 6) is -3.88. The van der Waals surface area contributed by atoms with Crippen LogP contribution in [0.5, 0.6) is 0 Å². The molecule has 0 saturated heterocycles. The average molecular weight is 396 g/mol. The van der Waals surface area contributed by atoms with Gasteiger partial charge in [0.05, 0.1) is 10.6 Å². The Morgan fingerprint density at radius 1 is 1.11 bits per heavy atom. The van der Waals surface area contributed by atoms with Crippen LogP contribution in [0.25, 0.3) is 0 Å². The van der Waals surface area contributed by atoms with Gasteiger partial charge < -0.3 is 10.1 Å². The fourth-order valence-electron chi connectivity index (χ4n) is 2.42. The second-order valence-corrected chi connectivity index (χ2v) is 6.63. The van der Waals surface area contributed by atoms with Gasteiger partial charge in [-0.05, 0) is 44.4 Å². The molecule has 4 nitrogen and oxygen atoms in total. The van der Waals surface area contributed by atoms with Gasteiger partial charge in [-0.2, -0.15) is 0 Å². The number of benzene rings is 2. The van der Waals surface area contributed by atoms with Crippen molar-refractivity contribution < 1.29 is 23.1 Å². The fraction of sp³-hybridized carbons (Fsp3) is 0.300. The van der Waals surface area contributed by atoms with Crippen LogP contribution in [0.1, 0.15) is 36.2 Å². The summed E-state index contributed by atoms with van der Waals surface area (Å²) in [4.78, 5) is 24.2. The summed E-state index contributed by atoms with van der Waals surface area (Å²) in [6.07, 6.45) is 0.396. The first-order valence-corrected chi connectivity index (χ1v) is 8.85. The molecule has 2 rings (SSSR count). The summed E-state index contributed by atoms with van der Waals surface area (Å²) in [7, 11) is 0. The van der Waals surface area contributed by atoms with Gasteiger partial charge in [0, 0.05) is 6.04 Å². The topological polar surface area (TPSA) is 55.4 Å². The maximum atomic E-state index is 13.3. The molecule has 0 spiro atoms. The summed E-state index contributed by atoms with van der Waals surface area (Å²) in [6, 6.07) is 11.0. The van der Waals surface area contributed by atoms with Crippen molar-refractivity contribution in [2.45, 2.75) is 38.8 Å². The lowest BCUT2D eigenvalue weighted by atomic mass is 10.1. The largest absolute Gasteiger partial charge is 0.449 e. The molecular formula is C20H20ClF2NO3. The molecule has 0 aliphatic rings. The number of hydrogen-bond donors (Lipinski definition) is 1. The monoisotopic (exact) mass is 395 g/mol. The van der Waals surface area contributed by atoms with Crippen LogP contribution < -0.4 is 5.32 Å². The zero-order valence-electron chi connectivity index (χ0n) is 15.0. The zero-order chi connectivity index (χ0) is 20.0. The number of amides is 1. The first kappa shape index (κ1) is 20.8. The summed E-state index contributed by atoms with van der Waals surface area (Å²) >= 11 is 5.74. The Labute approximate surface area is 161 Å². The molecule has 144 valence electrons. The molecule has 2 aromatic carbocycles. The van der Waals surface area contributed by atoms with E-state index in [1.807, 2.05) is 37.3 Å². The van der Waals surface area contributed by atoms with Crippen LogP contribution in [-0.4, -0.2) is 24.0 Å². The van der Waals surface area contributed by atoms with E-state index >= 15 is 0 Å². The van der Waals surface area contributed by atoms with Gasteiger partial charge in [0.1, 0.15) is 0 Å². The van der Waals surface area contributed by atoms with Crippen molar-refractivity contribution >= 4 is 23.5 Å². The van der Waals surface area contributed by atoms with E-state index in [1.165, 1.54) is 6.92 Å². The highest BCUT2D eigenvalue weighted by Gasteiger charge is 2.23. The number of nitrogens with one attached hydrogen (secondary N) is 1. The molecule has 2 atom stereocenters. The van der Waals surface area contributed by atoms with Gasteiger partial charge in [-0.25, -0.2) is 13.6 Å². The Kier molecular flexibility index (Phi) is 7.30. The van der Waals surface area contributed by atoms with Gasteiger partial charge >= 0.3 is 5.97 Å². The minimum Gasteiger partial charge on any atom is -0.449 e. The first-order chi connectivity index (χ1) is 12.8. The highest BCUT2D eigenvalue weighted by atomic mass is 35.5. The molecule has 1 amide bonds. The SMILES string of the molecule is C[C@H](CCc1ccccc1)NC(=O)[C@H](C)OC(=O)c1cc(F)c(F)cc1Cl. The lowest BCUT2D eigenvalue weighted by Gasteiger charge is -2.18. The lowest BCUT2D eigenvalue weighted by molar-refractivity contribution is -0.129. The van der Waals surface area contributed by atoms with E-state index in [9.17, 15) is 18.4 Å². The summed E-state index contributed by atoms with van der Waals surface area (Å²) in [5.41, 5.74) is 0.818. The number of esters is 1. The molecule has 0 radical (unpaired) electrons. The minimum atomic E-state index is -1.22. The molecule has 0 unspecified atom stereocenters. The highest BCUT2D eigenvalue weighted by molar-refractivity contribution is 6.33. The molecule has 0 aromatic heterocycles. The predicted octanol–water partition coefficient (Wildman–Crippen LogP) is 4.30. The van der Waals surface area contributed by atoms with E-state index in [1.54, 1.807) is 0 Å². The summed E-state index contributed by atoms with van der Waals surface area (Å²) in [6.45, 7) is 3.24. The van der Waals surface area contributed by atoms with Crippen LogP contribution in [0.4, 0.5) is 8.78 Å². The first-order valence-electron chi connectivity index (χ1n) is 8.47. The third kappa shape index (κ3) is 6.03. The highest BCUT2D eigenvalue weighted by Crippen LogP contribution is 2.21. The number of carbonyl (C=O) groups is 2. The third-order valence-electron chi connectivity index (χ3n) is 3.98. The molecule has 0 bridgehead atoms. The van der Waals surface area contributed by atoms with Crippen molar-refractivity contribution in [1.29, 1.82) is 0 Å². The smallest absolute Gasteiger partial charge is 0.340 e. The number of halogens is 3. The average Bonchev–Trinajstić information content (AvgIpc) is 2.63. The minimum absolute atomic E-state index is 0.134. The molecule has 0 fully saturated rings. The Morgan fingerprint density at radius 3 is 2.41 bits per heavy atom. The number of carbonyl (C=O) groups excluding carboxylic acids is 2. The second kappa shape index (κ2) is 9.46. The van der Waals surface area contributed by atoms with Crippen LogP contribution in [0.2, 0.25) is 5.02 Å². The molecule has 0 heterocycles. The molecule has 7 heteroatoms. The number of ether oxygens (including phenoxy) is 1. The van der Waals surface area contributed by atoms with E-state index in [4.69, 9.17) is 16.3 Å². The normalized spacial score (nSPS) is 12.9. The van der Waals surface area contributed by atoms with Gasteiger partial charge in [0.25, 0.3) is 5.91 Å². The van der Waals surface area contributed by atoms with Crippen molar-refractivity contribution in [2.75, 3.05) is 0 Å². The van der Waals surface area contributed by atoms with Crippen LogP contribution in [0.3, 0.4) is 0 Å². The predicted molar refractivity (Wildman–Crippen MR) is 98.6 cm³/mol. The molecule has 27 heavy (non-hydrogen) atoms. The quantitative estimate of drug-likeness (QED) is 0.561.